The quantitative estimate of drug-likeness (QED) is 0.534. The first-order valence-electron chi connectivity index (χ1n) is 6.63. The minimum atomic E-state index is -0.803. The normalized spacial score (nSPS) is 16.1. The molecule has 0 amide bonds. The summed E-state index contributed by atoms with van der Waals surface area (Å²) in [6.45, 7) is 2.67. The summed E-state index contributed by atoms with van der Waals surface area (Å²) < 4.78 is 31.4. The van der Waals surface area contributed by atoms with E-state index >= 15 is 0 Å². The Morgan fingerprint density at radius 3 is 2.59 bits per heavy atom. The topological polar surface area (TPSA) is 9.23 Å². The van der Waals surface area contributed by atoms with E-state index in [4.69, 9.17) is 4.74 Å². The van der Waals surface area contributed by atoms with E-state index in [-0.39, 0.29) is 12.2 Å². The summed E-state index contributed by atoms with van der Waals surface area (Å²) in [6, 6.07) is 0. The molecule has 0 N–H and O–H groups in total. The minimum absolute atomic E-state index is 0.0994. The van der Waals surface area contributed by atoms with E-state index in [0.717, 1.165) is 12.8 Å². The monoisotopic (exact) mass is 244 g/mol. The molecular weight excluding hydrogens is 222 g/mol. The first-order chi connectivity index (χ1) is 8.25. The fraction of sp³-hybridized carbons (Fsp3) is 0.714. The van der Waals surface area contributed by atoms with Crippen LogP contribution in [0.4, 0.5) is 8.78 Å². The van der Waals surface area contributed by atoms with E-state index in [0.29, 0.717) is 13.0 Å². The van der Waals surface area contributed by atoms with Gasteiger partial charge in [-0.2, -0.15) is 0 Å². The lowest BCUT2D eigenvalue weighted by Gasteiger charge is -2.13. The van der Waals surface area contributed by atoms with E-state index in [2.05, 4.69) is 6.92 Å². The summed E-state index contributed by atoms with van der Waals surface area (Å²) in [5.74, 6) is -1.38. The molecule has 1 aliphatic carbocycles. The van der Waals surface area contributed by atoms with E-state index in [1.807, 2.05) is 0 Å². The maximum Gasteiger partial charge on any atom is 0.196 e. The van der Waals surface area contributed by atoms with E-state index in [1.54, 1.807) is 6.08 Å². The second-order valence-electron chi connectivity index (χ2n) is 4.44. The SMILES string of the molecule is CCCCCCCCOC1=CCCC(F)=C1F. The van der Waals surface area contributed by atoms with Crippen LogP contribution in [0.25, 0.3) is 0 Å². The van der Waals surface area contributed by atoms with E-state index in [9.17, 15) is 8.78 Å². The molecule has 0 saturated heterocycles. The number of allylic oxidation sites excluding steroid dienone is 3. The molecule has 0 aliphatic heterocycles. The van der Waals surface area contributed by atoms with Gasteiger partial charge < -0.3 is 4.74 Å². The van der Waals surface area contributed by atoms with Gasteiger partial charge in [0.25, 0.3) is 0 Å². The predicted molar refractivity (Wildman–Crippen MR) is 65.9 cm³/mol. The zero-order chi connectivity index (χ0) is 12.5. The highest BCUT2D eigenvalue weighted by molar-refractivity contribution is 5.26. The number of rotatable bonds is 8. The van der Waals surface area contributed by atoms with Crippen LogP contribution in [0.1, 0.15) is 58.3 Å². The van der Waals surface area contributed by atoms with Crippen molar-refractivity contribution >= 4 is 0 Å². The van der Waals surface area contributed by atoms with Gasteiger partial charge in [0.05, 0.1) is 6.61 Å². The third-order valence-electron chi connectivity index (χ3n) is 2.90. The Bertz CT molecular complexity index is 282. The maximum absolute atomic E-state index is 13.2. The van der Waals surface area contributed by atoms with Gasteiger partial charge in [-0.15, -0.1) is 0 Å². The molecular formula is C14H22F2O. The Hall–Kier alpha value is -0.860. The molecule has 0 atom stereocenters. The molecule has 0 saturated carbocycles. The van der Waals surface area contributed by atoms with Crippen LogP contribution in [0.2, 0.25) is 0 Å². The molecule has 3 heteroatoms. The van der Waals surface area contributed by atoms with Crippen molar-refractivity contribution in [2.24, 2.45) is 0 Å². The first kappa shape index (κ1) is 14.2. The van der Waals surface area contributed by atoms with Gasteiger partial charge in [0.2, 0.25) is 0 Å². The predicted octanol–water partition coefficient (Wildman–Crippen LogP) is 5.19. The number of halogens is 2. The molecule has 0 heterocycles. The molecule has 1 nitrogen and oxygen atoms in total. The van der Waals surface area contributed by atoms with Crippen molar-refractivity contribution in [2.45, 2.75) is 58.3 Å². The molecule has 0 bridgehead atoms. The molecule has 0 spiro atoms. The Morgan fingerprint density at radius 2 is 1.82 bits per heavy atom. The molecule has 0 radical (unpaired) electrons. The number of unbranched alkanes of at least 4 members (excludes halogenated alkanes) is 5. The summed E-state index contributed by atoms with van der Waals surface area (Å²) in [6.07, 6.45) is 9.30. The average molecular weight is 244 g/mol. The van der Waals surface area contributed by atoms with Gasteiger partial charge in [-0.1, -0.05) is 39.0 Å². The Labute approximate surface area is 103 Å². The Kier molecular flexibility index (Phi) is 6.90. The zero-order valence-electron chi connectivity index (χ0n) is 10.6. The Balaban J connectivity index is 2.09. The molecule has 17 heavy (non-hydrogen) atoms. The van der Waals surface area contributed by atoms with Crippen LogP contribution in [0, 0.1) is 0 Å². The number of hydrogen-bond acceptors (Lipinski definition) is 1. The van der Waals surface area contributed by atoms with Gasteiger partial charge in [0.1, 0.15) is 5.83 Å². The second-order valence-corrected chi connectivity index (χ2v) is 4.44. The van der Waals surface area contributed by atoms with Crippen LogP contribution in [0.5, 0.6) is 0 Å². The number of hydrogen-bond donors (Lipinski definition) is 0. The molecule has 0 aromatic heterocycles. The van der Waals surface area contributed by atoms with Gasteiger partial charge in [0, 0.05) is 6.42 Å². The zero-order valence-corrected chi connectivity index (χ0v) is 10.6. The summed E-state index contributed by atoms with van der Waals surface area (Å²) in [5.41, 5.74) is 0. The molecule has 1 aliphatic rings. The lowest BCUT2D eigenvalue weighted by atomic mass is 10.1. The molecule has 98 valence electrons. The lowest BCUT2D eigenvalue weighted by molar-refractivity contribution is 0.195. The highest BCUT2D eigenvalue weighted by atomic mass is 19.2. The fourth-order valence-electron chi connectivity index (χ4n) is 1.85. The lowest BCUT2D eigenvalue weighted by Crippen LogP contribution is -2.01. The van der Waals surface area contributed by atoms with Crippen molar-refractivity contribution in [1.82, 2.24) is 0 Å². The van der Waals surface area contributed by atoms with Crippen LogP contribution < -0.4 is 0 Å². The molecule has 0 aromatic rings. The summed E-state index contributed by atoms with van der Waals surface area (Å²) >= 11 is 0. The largest absolute Gasteiger partial charge is 0.491 e. The highest BCUT2D eigenvalue weighted by Gasteiger charge is 2.16. The molecule has 1 rings (SSSR count). The number of ether oxygens (including phenoxy) is 1. The molecule has 0 unspecified atom stereocenters. The van der Waals surface area contributed by atoms with Crippen LogP contribution in [-0.2, 0) is 4.74 Å². The Morgan fingerprint density at radius 1 is 1.12 bits per heavy atom. The molecule has 0 aromatic carbocycles. The third kappa shape index (κ3) is 5.33. The van der Waals surface area contributed by atoms with Gasteiger partial charge in [0.15, 0.2) is 11.6 Å². The highest BCUT2D eigenvalue weighted by Crippen LogP contribution is 2.27. The van der Waals surface area contributed by atoms with Crippen molar-refractivity contribution in [3.8, 4) is 0 Å². The standard InChI is InChI=1S/C14H22F2O/c1-2-3-4-5-6-7-11-17-13-10-8-9-12(15)14(13)16/h10H,2-9,11H2,1H3. The minimum Gasteiger partial charge on any atom is -0.491 e. The summed E-state index contributed by atoms with van der Waals surface area (Å²) in [4.78, 5) is 0. The summed E-state index contributed by atoms with van der Waals surface area (Å²) in [7, 11) is 0. The van der Waals surface area contributed by atoms with Crippen molar-refractivity contribution in [1.29, 1.82) is 0 Å². The second kappa shape index (κ2) is 8.26. The molecule has 0 fully saturated rings. The fourth-order valence-corrected chi connectivity index (χ4v) is 1.85. The van der Waals surface area contributed by atoms with Gasteiger partial charge in [-0.05, 0) is 18.9 Å². The van der Waals surface area contributed by atoms with Crippen molar-refractivity contribution in [2.75, 3.05) is 6.61 Å². The van der Waals surface area contributed by atoms with E-state index in [1.165, 1.54) is 25.7 Å². The van der Waals surface area contributed by atoms with Gasteiger partial charge in [-0.25, -0.2) is 8.78 Å². The summed E-state index contributed by atoms with van der Waals surface area (Å²) in [5, 5.41) is 0. The van der Waals surface area contributed by atoms with Crippen LogP contribution >= 0.6 is 0 Å². The third-order valence-corrected chi connectivity index (χ3v) is 2.90. The van der Waals surface area contributed by atoms with E-state index < -0.39 is 11.7 Å². The van der Waals surface area contributed by atoms with Gasteiger partial charge >= 0.3 is 0 Å². The van der Waals surface area contributed by atoms with Crippen LogP contribution in [0.15, 0.2) is 23.5 Å². The van der Waals surface area contributed by atoms with Crippen LogP contribution in [-0.4, -0.2) is 6.61 Å². The van der Waals surface area contributed by atoms with Gasteiger partial charge in [-0.3, -0.25) is 0 Å². The van der Waals surface area contributed by atoms with Crippen LogP contribution in [0.3, 0.4) is 0 Å². The van der Waals surface area contributed by atoms with Crippen molar-refractivity contribution < 1.29 is 13.5 Å². The van der Waals surface area contributed by atoms with Crippen molar-refractivity contribution in [3.63, 3.8) is 0 Å². The first-order valence-corrected chi connectivity index (χ1v) is 6.63. The average Bonchev–Trinajstić information content (AvgIpc) is 2.33. The van der Waals surface area contributed by atoms with Crippen molar-refractivity contribution in [3.05, 3.63) is 23.5 Å². The maximum atomic E-state index is 13.2. The smallest absolute Gasteiger partial charge is 0.196 e.